The summed E-state index contributed by atoms with van der Waals surface area (Å²) in [5, 5.41) is 17.1. The third-order valence-corrected chi connectivity index (χ3v) is 10.5. The van der Waals surface area contributed by atoms with Crippen LogP contribution >= 0.6 is 11.8 Å². The van der Waals surface area contributed by atoms with Crippen molar-refractivity contribution in [2.75, 3.05) is 43.9 Å². The zero-order valence-electron chi connectivity index (χ0n) is 23.7. The van der Waals surface area contributed by atoms with Gasteiger partial charge in [-0.05, 0) is 62.1 Å². The summed E-state index contributed by atoms with van der Waals surface area (Å²) in [6, 6.07) is 12.5. The van der Waals surface area contributed by atoms with Gasteiger partial charge in [0.25, 0.3) is 0 Å². The normalized spacial score (nSPS) is 27.3. The van der Waals surface area contributed by atoms with Gasteiger partial charge in [-0.25, -0.2) is 14.4 Å². The number of ether oxygens (including phenoxy) is 1. The van der Waals surface area contributed by atoms with E-state index >= 15 is 0 Å². The van der Waals surface area contributed by atoms with Crippen molar-refractivity contribution in [3.05, 3.63) is 42.6 Å². The number of piperazine rings is 1. The number of thioether (sulfide) groups is 1. The van der Waals surface area contributed by atoms with Crippen molar-refractivity contribution >= 4 is 39.3 Å². The second-order valence-corrected chi connectivity index (χ2v) is 13.2. The number of benzene rings is 2. The van der Waals surface area contributed by atoms with Gasteiger partial charge in [0.15, 0.2) is 11.5 Å². The third kappa shape index (κ3) is 4.46. The van der Waals surface area contributed by atoms with Crippen molar-refractivity contribution in [3.63, 3.8) is 0 Å². The van der Waals surface area contributed by atoms with Crippen LogP contribution in [0.5, 0.6) is 11.6 Å². The fourth-order valence-corrected chi connectivity index (χ4v) is 8.46. The minimum absolute atomic E-state index is 0.171. The fraction of sp³-hybridized carbons (Fsp3) is 0.469. The first kappa shape index (κ1) is 26.4. The Morgan fingerprint density at radius 2 is 2.00 bits per heavy atom. The highest BCUT2D eigenvalue weighted by atomic mass is 32.2. The quantitative estimate of drug-likeness (QED) is 0.297. The van der Waals surface area contributed by atoms with E-state index in [1.54, 1.807) is 23.9 Å². The summed E-state index contributed by atoms with van der Waals surface area (Å²) in [7, 11) is 0. The molecule has 4 aliphatic heterocycles. The van der Waals surface area contributed by atoms with Gasteiger partial charge in [-0.1, -0.05) is 12.1 Å². The lowest BCUT2D eigenvalue weighted by atomic mass is 9.95. The Morgan fingerprint density at radius 3 is 2.83 bits per heavy atom. The van der Waals surface area contributed by atoms with Gasteiger partial charge in [0, 0.05) is 66.2 Å². The average molecular weight is 587 g/mol. The topological polar surface area (TPSA) is 86.6 Å². The van der Waals surface area contributed by atoms with E-state index in [9.17, 15) is 9.50 Å². The summed E-state index contributed by atoms with van der Waals surface area (Å²) in [6.45, 7) is 3.66. The Balaban J connectivity index is 1.23. The zero-order chi connectivity index (χ0) is 28.4. The first-order valence-corrected chi connectivity index (χ1v) is 16.2. The number of pyridine rings is 1. The Morgan fingerprint density at radius 1 is 1.14 bits per heavy atom. The molecule has 0 aliphatic carbocycles. The van der Waals surface area contributed by atoms with Gasteiger partial charge in [0.2, 0.25) is 5.88 Å². The van der Waals surface area contributed by atoms with Crippen molar-refractivity contribution in [2.24, 2.45) is 0 Å². The summed E-state index contributed by atoms with van der Waals surface area (Å²) in [6.07, 6.45) is 8.01. The molecule has 8 nitrogen and oxygen atoms in total. The van der Waals surface area contributed by atoms with Crippen LogP contribution in [-0.2, 0) is 0 Å². The number of halogens is 1. The van der Waals surface area contributed by atoms with E-state index in [4.69, 9.17) is 19.7 Å². The molecular formula is C32H35FN6O2S. The maximum atomic E-state index is 14.4. The fourth-order valence-electron chi connectivity index (χ4n) is 7.81. The number of fused-ring (bicyclic) bond motifs is 5. The highest BCUT2D eigenvalue weighted by molar-refractivity contribution is 7.98. The number of alkyl halides is 1. The summed E-state index contributed by atoms with van der Waals surface area (Å²) in [5.74, 6) is 1.20. The summed E-state index contributed by atoms with van der Waals surface area (Å²) in [4.78, 5) is 20.5. The predicted octanol–water partition coefficient (Wildman–Crippen LogP) is 5.17. The van der Waals surface area contributed by atoms with Crippen LogP contribution in [-0.4, -0.2) is 87.8 Å². The number of rotatable bonds is 6. The molecule has 4 aliphatic rings. The molecule has 0 amide bonds. The molecule has 0 saturated carbocycles. The Bertz CT molecular complexity index is 1680. The van der Waals surface area contributed by atoms with E-state index in [-0.39, 0.29) is 11.3 Å². The maximum Gasteiger partial charge on any atom is 0.217 e. The predicted molar refractivity (Wildman–Crippen MR) is 164 cm³/mol. The molecule has 2 N–H and O–H groups in total. The van der Waals surface area contributed by atoms with Crippen LogP contribution in [0.25, 0.3) is 33.2 Å². The molecule has 8 rings (SSSR count). The highest BCUT2D eigenvalue weighted by Crippen LogP contribution is 2.42. The van der Waals surface area contributed by atoms with Crippen LogP contribution in [0.3, 0.4) is 0 Å². The number of hydrogen-bond acceptors (Lipinski definition) is 9. The zero-order valence-corrected chi connectivity index (χ0v) is 24.5. The number of aromatic hydroxyl groups is 1. The molecule has 2 bridgehead atoms. The molecule has 42 heavy (non-hydrogen) atoms. The molecule has 218 valence electrons. The molecule has 4 atom stereocenters. The van der Waals surface area contributed by atoms with Crippen LogP contribution in [0, 0.1) is 0 Å². The average Bonchev–Trinajstić information content (AvgIpc) is 3.64. The molecule has 6 heterocycles. The molecule has 10 heteroatoms. The van der Waals surface area contributed by atoms with Gasteiger partial charge < -0.3 is 20.1 Å². The van der Waals surface area contributed by atoms with Crippen LogP contribution in [0.1, 0.15) is 32.1 Å². The largest absolute Gasteiger partial charge is 0.508 e. The SMILES string of the molecule is CSc1cccc2cc(O)cc(-c3ncc4c(N5CC6CCC(C5)N6)cc(OC[C@@]56CCCN5C[C@H](F)C6)nc4n3)c12. The van der Waals surface area contributed by atoms with Crippen molar-refractivity contribution in [3.8, 4) is 23.0 Å². The number of aromatic nitrogens is 3. The first-order valence-electron chi connectivity index (χ1n) is 15.0. The molecular weight excluding hydrogens is 551 g/mol. The van der Waals surface area contributed by atoms with Crippen LogP contribution in [0.2, 0.25) is 0 Å². The minimum Gasteiger partial charge on any atom is -0.508 e. The van der Waals surface area contributed by atoms with Gasteiger partial charge in [-0.15, -0.1) is 11.8 Å². The minimum atomic E-state index is -0.802. The Hall–Kier alpha value is -3.21. The standard InChI is InChI=1S/C32H35FN6O2S/c1-42-27-5-2-4-19-10-23(40)11-24(29(19)27)30-34-14-25-26(38-16-21-6-7-22(17-38)35-21)12-28(36-31(25)37-30)41-18-32-8-3-9-39(32)15-20(33)13-32/h2,4-5,10-12,14,20-22,35,40H,3,6-9,13,15-18H2,1H3/t20-,21?,22?,32+/m1/s1. The van der Waals surface area contributed by atoms with E-state index in [1.165, 1.54) is 12.8 Å². The molecule has 0 radical (unpaired) electrons. The van der Waals surface area contributed by atoms with Crippen LogP contribution < -0.4 is 15.0 Å². The Kier molecular flexibility index (Phi) is 6.42. The van der Waals surface area contributed by atoms with Gasteiger partial charge >= 0.3 is 0 Å². The number of hydrogen-bond donors (Lipinski definition) is 2. The molecule has 4 saturated heterocycles. The summed E-state index contributed by atoms with van der Waals surface area (Å²) < 4.78 is 20.9. The van der Waals surface area contributed by atoms with Gasteiger partial charge in [0.05, 0.1) is 16.6 Å². The van der Waals surface area contributed by atoms with Gasteiger partial charge in [0.1, 0.15) is 18.5 Å². The van der Waals surface area contributed by atoms with Crippen LogP contribution in [0.4, 0.5) is 10.1 Å². The monoisotopic (exact) mass is 586 g/mol. The smallest absolute Gasteiger partial charge is 0.217 e. The molecule has 2 aromatic carbocycles. The lowest BCUT2D eigenvalue weighted by molar-refractivity contribution is 0.111. The molecule has 2 aromatic heterocycles. The molecule has 4 aromatic rings. The van der Waals surface area contributed by atoms with Gasteiger partial charge in [-0.2, -0.15) is 4.98 Å². The van der Waals surface area contributed by atoms with E-state index in [0.717, 1.165) is 64.8 Å². The molecule has 4 fully saturated rings. The number of nitrogens with zero attached hydrogens (tertiary/aromatic N) is 5. The lowest BCUT2D eigenvalue weighted by Gasteiger charge is -2.35. The Labute approximate surface area is 248 Å². The number of nitrogens with one attached hydrogen (secondary N) is 1. The number of anilines is 1. The van der Waals surface area contributed by atoms with Gasteiger partial charge in [-0.3, -0.25) is 4.90 Å². The van der Waals surface area contributed by atoms with Crippen molar-refractivity contribution in [1.29, 1.82) is 0 Å². The van der Waals surface area contributed by atoms with Crippen molar-refractivity contribution in [1.82, 2.24) is 25.2 Å². The number of phenols is 1. The third-order valence-electron chi connectivity index (χ3n) is 9.71. The van der Waals surface area contributed by atoms with E-state index in [2.05, 4.69) is 21.2 Å². The van der Waals surface area contributed by atoms with E-state index in [0.29, 0.717) is 49.0 Å². The molecule has 0 spiro atoms. The van der Waals surface area contributed by atoms with E-state index < -0.39 is 6.17 Å². The van der Waals surface area contributed by atoms with Crippen molar-refractivity contribution < 1.29 is 14.2 Å². The first-order chi connectivity index (χ1) is 20.5. The van der Waals surface area contributed by atoms with Crippen molar-refractivity contribution in [2.45, 2.75) is 60.8 Å². The lowest BCUT2D eigenvalue weighted by Crippen LogP contribution is -2.51. The van der Waals surface area contributed by atoms with Crippen LogP contribution in [0.15, 0.2) is 47.5 Å². The summed E-state index contributed by atoms with van der Waals surface area (Å²) >= 11 is 1.66. The van der Waals surface area contributed by atoms with E-state index in [1.807, 2.05) is 30.7 Å². The second kappa shape index (κ2) is 10.2. The maximum absolute atomic E-state index is 14.4. The molecule has 2 unspecified atom stereocenters. The second-order valence-electron chi connectivity index (χ2n) is 12.4. The number of phenolic OH excluding ortho intramolecular Hbond substituents is 1. The summed E-state index contributed by atoms with van der Waals surface area (Å²) in [5.41, 5.74) is 2.11. The highest BCUT2D eigenvalue weighted by Gasteiger charge is 2.49.